The van der Waals surface area contributed by atoms with Crippen LogP contribution in [0.2, 0.25) is 0 Å². The Kier molecular flexibility index (Phi) is 9.50. The Morgan fingerprint density at radius 3 is 2.50 bits per heavy atom. The molecule has 1 heterocycles. The van der Waals surface area contributed by atoms with Gasteiger partial charge in [-0.2, -0.15) is 0 Å². The van der Waals surface area contributed by atoms with Crippen LogP contribution in [0.1, 0.15) is 24.5 Å². The first-order valence-electron chi connectivity index (χ1n) is 10.9. The smallest absolute Gasteiger partial charge is 0.191 e. The van der Waals surface area contributed by atoms with Gasteiger partial charge in [-0.1, -0.05) is 42.5 Å². The standard InChI is InChI=1S/C24H34N4O2/c1-2-25-24(26-13-6-14-28-15-17-29-18-16-28)27-19-21-9-11-23(12-10-21)30-20-22-7-4-3-5-8-22/h3-5,7-12H,2,6,13-20H2,1H3,(H2,25,26,27). The number of benzene rings is 2. The van der Waals surface area contributed by atoms with Crippen LogP contribution in [-0.4, -0.2) is 56.8 Å². The largest absolute Gasteiger partial charge is 0.489 e. The molecule has 0 bridgehead atoms. The number of nitrogens with zero attached hydrogens (tertiary/aromatic N) is 2. The zero-order valence-corrected chi connectivity index (χ0v) is 18.0. The highest BCUT2D eigenvalue weighted by Gasteiger charge is 2.09. The van der Waals surface area contributed by atoms with Gasteiger partial charge in [0.05, 0.1) is 19.8 Å². The monoisotopic (exact) mass is 410 g/mol. The Morgan fingerprint density at radius 2 is 1.77 bits per heavy atom. The summed E-state index contributed by atoms with van der Waals surface area (Å²) in [6, 6.07) is 18.4. The van der Waals surface area contributed by atoms with Gasteiger partial charge in [0, 0.05) is 26.2 Å². The van der Waals surface area contributed by atoms with E-state index >= 15 is 0 Å². The highest BCUT2D eigenvalue weighted by atomic mass is 16.5. The molecule has 1 saturated heterocycles. The molecule has 2 N–H and O–H groups in total. The lowest BCUT2D eigenvalue weighted by molar-refractivity contribution is 0.0376. The highest BCUT2D eigenvalue weighted by molar-refractivity contribution is 5.79. The van der Waals surface area contributed by atoms with Crippen LogP contribution < -0.4 is 15.4 Å². The van der Waals surface area contributed by atoms with E-state index in [-0.39, 0.29) is 0 Å². The summed E-state index contributed by atoms with van der Waals surface area (Å²) in [6.07, 6.45) is 1.10. The van der Waals surface area contributed by atoms with Crippen LogP contribution in [0.5, 0.6) is 5.75 Å². The molecule has 0 unspecified atom stereocenters. The number of ether oxygens (including phenoxy) is 2. The third-order valence-electron chi connectivity index (χ3n) is 4.98. The maximum Gasteiger partial charge on any atom is 0.191 e. The summed E-state index contributed by atoms with van der Waals surface area (Å²) < 4.78 is 11.3. The topological polar surface area (TPSA) is 58.1 Å². The molecule has 0 spiro atoms. The minimum absolute atomic E-state index is 0.581. The summed E-state index contributed by atoms with van der Waals surface area (Å²) in [5.74, 6) is 1.74. The number of hydrogen-bond acceptors (Lipinski definition) is 4. The quantitative estimate of drug-likeness (QED) is 0.358. The van der Waals surface area contributed by atoms with Crippen molar-refractivity contribution in [3.8, 4) is 5.75 Å². The highest BCUT2D eigenvalue weighted by Crippen LogP contribution is 2.14. The molecule has 30 heavy (non-hydrogen) atoms. The van der Waals surface area contributed by atoms with Crippen molar-refractivity contribution in [3.63, 3.8) is 0 Å². The van der Waals surface area contributed by atoms with E-state index in [4.69, 9.17) is 14.5 Å². The van der Waals surface area contributed by atoms with Crippen LogP contribution in [0, 0.1) is 0 Å². The van der Waals surface area contributed by atoms with Crippen LogP contribution in [-0.2, 0) is 17.9 Å². The third kappa shape index (κ3) is 8.05. The van der Waals surface area contributed by atoms with E-state index in [1.807, 2.05) is 30.3 Å². The number of morpholine rings is 1. The average molecular weight is 411 g/mol. The van der Waals surface area contributed by atoms with Crippen molar-refractivity contribution in [2.45, 2.75) is 26.5 Å². The summed E-state index contributed by atoms with van der Waals surface area (Å²) in [5.41, 5.74) is 2.33. The van der Waals surface area contributed by atoms with Gasteiger partial charge in [0.15, 0.2) is 5.96 Å². The SMILES string of the molecule is CCNC(=NCc1ccc(OCc2ccccc2)cc1)NCCCN1CCOCC1. The van der Waals surface area contributed by atoms with Gasteiger partial charge < -0.3 is 20.1 Å². The second-order valence-corrected chi connectivity index (χ2v) is 7.35. The Hall–Kier alpha value is -2.57. The zero-order chi connectivity index (χ0) is 20.9. The van der Waals surface area contributed by atoms with Crippen LogP contribution in [0.4, 0.5) is 0 Å². The van der Waals surface area contributed by atoms with E-state index in [2.05, 4.69) is 46.7 Å². The van der Waals surface area contributed by atoms with Gasteiger partial charge in [0.1, 0.15) is 12.4 Å². The summed E-state index contributed by atoms with van der Waals surface area (Å²) in [6.45, 7) is 9.95. The number of nitrogens with one attached hydrogen (secondary N) is 2. The molecule has 0 radical (unpaired) electrons. The Bertz CT molecular complexity index is 744. The van der Waals surface area contributed by atoms with Gasteiger partial charge in [-0.3, -0.25) is 4.90 Å². The first kappa shape index (κ1) is 22.1. The third-order valence-corrected chi connectivity index (χ3v) is 4.98. The molecule has 1 aliphatic heterocycles. The normalized spacial score (nSPS) is 15.0. The molecular formula is C24H34N4O2. The summed E-state index contributed by atoms with van der Waals surface area (Å²) in [5, 5.41) is 6.76. The van der Waals surface area contributed by atoms with Gasteiger partial charge in [-0.25, -0.2) is 4.99 Å². The molecule has 1 fully saturated rings. The van der Waals surface area contributed by atoms with Crippen molar-refractivity contribution in [1.29, 1.82) is 0 Å². The first-order valence-corrected chi connectivity index (χ1v) is 10.9. The molecule has 162 valence electrons. The van der Waals surface area contributed by atoms with Crippen LogP contribution >= 0.6 is 0 Å². The van der Waals surface area contributed by atoms with Crippen molar-refractivity contribution in [1.82, 2.24) is 15.5 Å². The molecule has 0 atom stereocenters. The molecule has 1 aliphatic rings. The lowest BCUT2D eigenvalue weighted by Crippen LogP contribution is -2.40. The fourth-order valence-electron chi connectivity index (χ4n) is 3.28. The van der Waals surface area contributed by atoms with E-state index in [0.29, 0.717) is 13.2 Å². The van der Waals surface area contributed by atoms with Crippen LogP contribution in [0.15, 0.2) is 59.6 Å². The van der Waals surface area contributed by atoms with Crippen molar-refractivity contribution < 1.29 is 9.47 Å². The molecule has 0 amide bonds. The van der Waals surface area contributed by atoms with E-state index in [9.17, 15) is 0 Å². The molecule has 6 nitrogen and oxygen atoms in total. The van der Waals surface area contributed by atoms with Crippen molar-refractivity contribution in [2.24, 2.45) is 4.99 Å². The van der Waals surface area contributed by atoms with E-state index in [1.54, 1.807) is 0 Å². The minimum Gasteiger partial charge on any atom is -0.489 e. The average Bonchev–Trinajstić information content (AvgIpc) is 2.81. The number of hydrogen-bond donors (Lipinski definition) is 2. The van der Waals surface area contributed by atoms with E-state index < -0.39 is 0 Å². The van der Waals surface area contributed by atoms with Crippen LogP contribution in [0.3, 0.4) is 0 Å². The summed E-state index contributed by atoms with van der Waals surface area (Å²) in [7, 11) is 0. The Morgan fingerprint density at radius 1 is 1.00 bits per heavy atom. The molecule has 0 aliphatic carbocycles. The molecule has 6 heteroatoms. The fourth-order valence-corrected chi connectivity index (χ4v) is 3.28. The maximum absolute atomic E-state index is 5.85. The van der Waals surface area contributed by atoms with Gasteiger partial charge in [0.2, 0.25) is 0 Å². The molecule has 2 aromatic carbocycles. The zero-order valence-electron chi connectivity index (χ0n) is 18.0. The van der Waals surface area contributed by atoms with Gasteiger partial charge in [0.25, 0.3) is 0 Å². The summed E-state index contributed by atoms with van der Waals surface area (Å²) in [4.78, 5) is 7.17. The summed E-state index contributed by atoms with van der Waals surface area (Å²) >= 11 is 0. The number of rotatable bonds is 10. The predicted molar refractivity (Wildman–Crippen MR) is 122 cm³/mol. The molecule has 0 aromatic heterocycles. The lowest BCUT2D eigenvalue weighted by Gasteiger charge is -2.26. The molecular weight excluding hydrogens is 376 g/mol. The Labute approximate surface area is 180 Å². The molecule has 2 aromatic rings. The second kappa shape index (κ2) is 12.9. The van der Waals surface area contributed by atoms with Crippen molar-refractivity contribution in [2.75, 3.05) is 45.9 Å². The second-order valence-electron chi connectivity index (χ2n) is 7.35. The lowest BCUT2D eigenvalue weighted by atomic mass is 10.2. The van der Waals surface area contributed by atoms with Crippen molar-refractivity contribution >= 4 is 5.96 Å². The van der Waals surface area contributed by atoms with Crippen LogP contribution in [0.25, 0.3) is 0 Å². The predicted octanol–water partition coefficient (Wildman–Crippen LogP) is 3.04. The van der Waals surface area contributed by atoms with Crippen molar-refractivity contribution in [3.05, 3.63) is 65.7 Å². The fraction of sp³-hybridized carbons (Fsp3) is 0.458. The maximum atomic E-state index is 5.85. The number of guanidine groups is 1. The van der Waals surface area contributed by atoms with Gasteiger partial charge in [-0.05, 0) is 43.1 Å². The molecule has 0 saturated carbocycles. The van der Waals surface area contributed by atoms with Gasteiger partial charge in [-0.15, -0.1) is 0 Å². The Balaban J connectivity index is 1.40. The minimum atomic E-state index is 0.581. The van der Waals surface area contributed by atoms with E-state index in [0.717, 1.165) is 69.6 Å². The van der Waals surface area contributed by atoms with Gasteiger partial charge >= 0.3 is 0 Å². The first-order chi connectivity index (χ1) is 14.8. The van der Waals surface area contributed by atoms with E-state index in [1.165, 1.54) is 5.56 Å². The molecule has 3 rings (SSSR count). The number of aliphatic imine (C=N–C) groups is 1.